The summed E-state index contributed by atoms with van der Waals surface area (Å²) in [6.45, 7) is 2.19. The number of hydrogen-bond donors (Lipinski definition) is 3. The first-order valence-electron chi connectivity index (χ1n) is 5.29. The van der Waals surface area contributed by atoms with Crippen LogP contribution in [0.15, 0.2) is 0 Å². The highest BCUT2D eigenvalue weighted by Crippen LogP contribution is 2.44. The van der Waals surface area contributed by atoms with Gasteiger partial charge < -0.3 is 16.2 Å². The molecule has 4 N–H and O–H groups in total. The molecule has 86 valence electrons. The molecule has 0 unspecified atom stereocenters. The lowest BCUT2D eigenvalue weighted by Crippen LogP contribution is -2.46. The molecular weight excluding hydrogens is 196 g/mol. The molecule has 0 heterocycles. The van der Waals surface area contributed by atoms with E-state index in [1.807, 2.05) is 6.92 Å². The Kier molecular flexibility index (Phi) is 3.68. The van der Waals surface area contributed by atoms with Gasteiger partial charge in [0.25, 0.3) is 0 Å². The van der Waals surface area contributed by atoms with E-state index in [2.05, 4.69) is 5.32 Å². The third-order valence-electron chi connectivity index (χ3n) is 2.91. The summed E-state index contributed by atoms with van der Waals surface area (Å²) in [4.78, 5) is 22.5. The molecule has 0 aromatic carbocycles. The zero-order valence-electron chi connectivity index (χ0n) is 8.95. The minimum Gasteiger partial charge on any atom is -0.480 e. The Morgan fingerprint density at radius 3 is 2.47 bits per heavy atom. The Hall–Kier alpha value is -1.10. The lowest BCUT2D eigenvalue weighted by Gasteiger charge is -2.18. The zero-order chi connectivity index (χ0) is 11.5. The van der Waals surface area contributed by atoms with E-state index in [1.165, 1.54) is 0 Å². The van der Waals surface area contributed by atoms with Gasteiger partial charge in [0, 0.05) is 6.54 Å². The van der Waals surface area contributed by atoms with Crippen molar-refractivity contribution in [1.82, 2.24) is 5.32 Å². The number of amides is 1. The van der Waals surface area contributed by atoms with Crippen molar-refractivity contribution >= 4 is 11.9 Å². The molecule has 15 heavy (non-hydrogen) atoms. The van der Waals surface area contributed by atoms with Crippen molar-refractivity contribution in [3.63, 3.8) is 0 Å². The molecule has 0 radical (unpaired) electrons. The first-order valence-corrected chi connectivity index (χ1v) is 5.29. The Morgan fingerprint density at radius 1 is 1.53 bits per heavy atom. The van der Waals surface area contributed by atoms with E-state index in [1.54, 1.807) is 0 Å². The van der Waals surface area contributed by atoms with Crippen LogP contribution in [0.3, 0.4) is 0 Å². The topological polar surface area (TPSA) is 92.4 Å². The summed E-state index contributed by atoms with van der Waals surface area (Å²) in [5.74, 6) is -1.18. The summed E-state index contributed by atoms with van der Waals surface area (Å²) in [5, 5.41) is 11.4. The Morgan fingerprint density at radius 2 is 2.13 bits per heavy atom. The van der Waals surface area contributed by atoms with E-state index in [-0.39, 0.29) is 5.91 Å². The maximum absolute atomic E-state index is 11.7. The molecule has 1 saturated carbocycles. The minimum absolute atomic E-state index is 0.203. The largest absolute Gasteiger partial charge is 0.480 e. The smallest absolute Gasteiger partial charge is 0.326 e. The minimum atomic E-state index is -0.974. The Bertz CT molecular complexity index is 261. The summed E-state index contributed by atoms with van der Waals surface area (Å²) in [6, 6.07) is -0.772. The van der Waals surface area contributed by atoms with Gasteiger partial charge in [-0.2, -0.15) is 0 Å². The van der Waals surface area contributed by atoms with Crippen LogP contribution in [-0.4, -0.2) is 29.6 Å². The highest BCUT2D eigenvalue weighted by molar-refractivity contribution is 5.89. The molecule has 0 saturated heterocycles. The molecule has 5 nitrogen and oxygen atoms in total. The quantitative estimate of drug-likeness (QED) is 0.584. The summed E-state index contributed by atoms with van der Waals surface area (Å²) in [5.41, 5.74) is 5.02. The van der Waals surface area contributed by atoms with Gasteiger partial charge in [0.2, 0.25) is 5.91 Å². The van der Waals surface area contributed by atoms with E-state index in [4.69, 9.17) is 10.8 Å². The average molecular weight is 214 g/mol. The van der Waals surface area contributed by atoms with Gasteiger partial charge in [0.05, 0.1) is 5.41 Å². The first-order chi connectivity index (χ1) is 7.05. The van der Waals surface area contributed by atoms with E-state index in [9.17, 15) is 9.59 Å². The van der Waals surface area contributed by atoms with Crippen LogP contribution >= 0.6 is 0 Å². The third kappa shape index (κ3) is 2.68. The summed E-state index contributed by atoms with van der Waals surface area (Å²) in [7, 11) is 0. The summed E-state index contributed by atoms with van der Waals surface area (Å²) in [6.07, 6.45) is 2.73. The molecule has 0 spiro atoms. The molecule has 1 aliphatic rings. The molecule has 0 aliphatic heterocycles. The second kappa shape index (κ2) is 4.61. The van der Waals surface area contributed by atoms with Crippen molar-refractivity contribution in [2.75, 3.05) is 6.54 Å². The SMILES string of the molecule is CCC[C@@H](NC(=O)C1(CN)CC1)C(=O)O. The van der Waals surface area contributed by atoms with E-state index < -0.39 is 17.4 Å². The fourth-order valence-electron chi connectivity index (χ4n) is 1.53. The maximum Gasteiger partial charge on any atom is 0.326 e. The van der Waals surface area contributed by atoms with Crippen LogP contribution in [0.1, 0.15) is 32.6 Å². The van der Waals surface area contributed by atoms with Gasteiger partial charge in [0.15, 0.2) is 0 Å². The van der Waals surface area contributed by atoms with E-state index in [0.717, 1.165) is 19.3 Å². The van der Waals surface area contributed by atoms with Gasteiger partial charge in [-0.1, -0.05) is 13.3 Å². The fourth-order valence-corrected chi connectivity index (χ4v) is 1.53. The average Bonchev–Trinajstić information content (AvgIpc) is 2.97. The summed E-state index contributed by atoms with van der Waals surface area (Å²) >= 11 is 0. The molecule has 0 bridgehead atoms. The second-order valence-electron chi connectivity index (χ2n) is 4.14. The monoisotopic (exact) mass is 214 g/mol. The van der Waals surface area contributed by atoms with Crippen molar-refractivity contribution in [1.29, 1.82) is 0 Å². The Labute approximate surface area is 89.0 Å². The van der Waals surface area contributed by atoms with Gasteiger partial charge in [0.1, 0.15) is 6.04 Å². The van der Waals surface area contributed by atoms with Gasteiger partial charge in [-0.05, 0) is 19.3 Å². The third-order valence-corrected chi connectivity index (χ3v) is 2.91. The molecule has 1 aliphatic carbocycles. The summed E-state index contributed by atoms with van der Waals surface area (Å²) < 4.78 is 0. The van der Waals surface area contributed by atoms with Gasteiger partial charge in [-0.15, -0.1) is 0 Å². The van der Waals surface area contributed by atoms with E-state index in [0.29, 0.717) is 13.0 Å². The molecule has 1 fully saturated rings. The molecule has 0 aromatic rings. The lowest BCUT2D eigenvalue weighted by molar-refractivity contribution is -0.142. The van der Waals surface area contributed by atoms with Gasteiger partial charge >= 0.3 is 5.97 Å². The van der Waals surface area contributed by atoms with Crippen molar-refractivity contribution in [3.05, 3.63) is 0 Å². The number of hydrogen-bond acceptors (Lipinski definition) is 3. The number of aliphatic carboxylic acids is 1. The fraction of sp³-hybridized carbons (Fsp3) is 0.800. The van der Waals surface area contributed by atoms with Crippen molar-refractivity contribution in [3.8, 4) is 0 Å². The number of rotatable bonds is 6. The number of nitrogens with two attached hydrogens (primary N) is 1. The Balaban J connectivity index is 2.51. The molecule has 1 rings (SSSR count). The second-order valence-corrected chi connectivity index (χ2v) is 4.14. The van der Waals surface area contributed by atoms with Crippen molar-refractivity contribution < 1.29 is 14.7 Å². The first kappa shape index (κ1) is 12.0. The number of nitrogens with one attached hydrogen (secondary N) is 1. The molecule has 1 atom stereocenters. The van der Waals surface area contributed by atoms with Gasteiger partial charge in [-0.3, -0.25) is 4.79 Å². The normalized spacial score (nSPS) is 19.3. The van der Waals surface area contributed by atoms with Crippen molar-refractivity contribution in [2.24, 2.45) is 11.1 Å². The van der Waals surface area contributed by atoms with Crippen LogP contribution in [0.2, 0.25) is 0 Å². The number of carboxylic acid groups (broad SMARTS) is 1. The molecule has 1 amide bonds. The van der Waals surface area contributed by atoms with Crippen LogP contribution in [0, 0.1) is 5.41 Å². The predicted molar refractivity (Wildman–Crippen MR) is 55.2 cm³/mol. The predicted octanol–water partition coefficient (Wildman–Crippen LogP) is 0.0948. The van der Waals surface area contributed by atoms with Crippen LogP contribution in [0.25, 0.3) is 0 Å². The maximum atomic E-state index is 11.7. The van der Waals surface area contributed by atoms with Crippen LogP contribution in [0.5, 0.6) is 0 Å². The standard InChI is InChI=1S/C10H18N2O3/c1-2-3-7(8(13)14)12-9(15)10(6-11)4-5-10/h7H,2-6,11H2,1H3,(H,12,15)(H,13,14)/t7-/m1/s1. The van der Waals surface area contributed by atoms with Gasteiger partial charge in [-0.25, -0.2) is 4.79 Å². The lowest BCUT2D eigenvalue weighted by atomic mass is 10.1. The number of carbonyl (C=O) groups excluding carboxylic acids is 1. The van der Waals surface area contributed by atoms with Crippen LogP contribution in [-0.2, 0) is 9.59 Å². The molecular formula is C10H18N2O3. The van der Waals surface area contributed by atoms with Crippen molar-refractivity contribution in [2.45, 2.75) is 38.6 Å². The molecule has 0 aromatic heterocycles. The highest BCUT2D eigenvalue weighted by atomic mass is 16.4. The number of carbonyl (C=O) groups is 2. The van der Waals surface area contributed by atoms with Crippen LogP contribution < -0.4 is 11.1 Å². The highest BCUT2D eigenvalue weighted by Gasteiger charge is 2.49. The zero-order valence-corrected chi connectivity index (χ0v) is 8.95. The van der Waals surface area contributed by atoms with E-state index >= 15 is 0 Å². The van der Waals surface area contributed by atoms with Crippen LogP contribution in [0.4, 0.5) is 0 Å². The molecule has 5 heteroatoms. The number of carboxylic acids is 1.